The molecule has 0 radical (unpaired) electrons. The molecule has 1 heteroatoms. The maximum absolute atomic E-state index is 2.48. The van der Waals surface area contributed by atoms with Gasteiger partial charge in [0.1, 0.15) is 0 Å². The van der Waals surface area contributed by atoms with Crippen LogP contribution in [0.5, 0.6) is 0 Å². The molecule has 12 aromatic rings. The topological polar surface area (TPSA) is 4.93 Å². The van der Waals surface area contributed by atoms with Crippen molar-refractivity contribution in [2.45, 2.75) is 0 Å². The lowest BCUT2D eigenvalue weighted by Gasteiger charge is -2.24. The Balaban J connectivity index is 1.29. The summed E-state index contributed by atoms with van der Waals surface area (Å²) in [5.74, 6) is 0. The molecule has 0 spiro atoms. The molecule has 0 unspecified atom stereocenters. The number of aromatic nitrogens is 1. The largest absolute Gasteiger partial charge is 0.309 e. The average Bonchev–Trinajstić information content (AvgIpc) is 3.82. The maximum atomic E-state index is 2.48. The van der Waals surface area contributed by atoms with Gasteiger partial charge in [0.15, 0.2) is 0 Å². The summed E-state index contributed by atoms with van der Waals surface area (Å²) >= 11 is 0. The summed E-state index contributed by atoms with van der Waals surface area (Å²) < 4.78 is 2.46. The average molecular weight is 800 g/mol. The van der Waals surface area contributed by atoms with Crippen LogP contribution >= 0.6 is 0 Å². The molecule has 0 bridgehead atoms. The van der Waals surface area contributed by atoms with Gasteiger partial charge in [-0.3, -0.25) is 0 Å². The van der Waals surface area contributed by atoms with Crippen molar-refractivity contribution in [1.29, 1.82) is 0 Å². The zero-order chi connectivity index (χ0) is 41.7. The lowest BCUT2D eigenvalue weighted by atomic mass is 9.80. The molecule has 12 rings (SSSR count). The molecule has 1 nitrogen and oxygen atoms in total. The molecule has 0 aliphatic rings. The minimum absolute atomic E-state index is 1.11. The Hall–Kier alpha value is -8.26. The third-order valence-corrected chi connectivity index (χ3v) is 12.8. The Kier molecular flexibility index (Phi) is 8.90. The fraction of sp³-hybridized carbons (Fsp3) is 0. The van der Waals surface area contributed by atoms with Crippen LogP contribution in [0.3, 0.4) is 0 Å². The number of rotatable bonds is 7. The van der Waals surface area contributed by atoms with E-state index in [2.05, 4.69) is 253 Å². The molecule has 1 heterocycles. The zero-order valence-corrected chi connectivity index (χ0v) is 34.6. The van der Waals surface area contributed by atoms with Gasteiger partial charge in [0, 0.05) is 5.69 Å². The smallest absolute Gasteiger partial charge is 0.0535 e. The van der Waals surface area contributed by atoms with Gasteiger partial charge in [-0.1, -0.05) is 224 Å². The quantitative estimate of drug-likeness (QED) is 0.142. The molecule has 1 aromatic heterocycles. The van der Waals surface area contributed by atoms with Crippen LogP contribution < -0.4 is 0 Å². The Morgan fingerprint density at radius 2 is 0.587 bits per heavy atom. The van der Waals surface area contributed by atoms with E-state index in [1.165, 1.54) is 98.7 Å². The third-order valence-electron chi connectivity index (χ3n) is 12.8. The third kappa shape index (κ3) is 6.17. The van der Waals surface area contributed by atoms with Crippen LogP contribution in [0.15, 0.2) is 249 Å². The minimum atomic E-state index is 1.11. The fourth-order valence-corrected chi connectivity index (χ4v) is 10.0. The molecule has 0 fully saturated rings. The Bertz CT molecular complexity index is 3580. The van der Waals surface area contributed by atoms with Crippen molar-refractivity contribution >= 4 is 43.1 Å². The molecule has 0 aliphatic carbocycles. The maximum Gasteiger partial charge on any atom is 0.0535 e. The fourth-order valence-electron chi connectivity index (χ4n) is 10.0. The van der Waals surface area contributed by atoms with Crippen molar-refractivity contribution in [3.05, 3.63) is 249 Å². The molecule has 0 saturated heterocycles. The van der Waals surface area contributed by atoms with Crippen LogP contribution in [-0.4, -0.2) is 4.57 Å². The first kappa shape index (κ1) is 36.6. The van der Waals surface area contributed by atoms with E-state index >= 15 is 0 Å². The van der Waals surface area contributed by atoms with E-state index in [1.807, 2.05) is 0 Å². The number of nitrogens with zero attached hydrogens (tertiary/aromatic N) is 1. The summed E-state index contributed by atoms with van der Waals surface area (Å²) in [6.45, 7) is 0. The van der Waals surface area contributed by atoms with Gasteiger partial charge in [0.25, 0.3) is 0 Å². The van der Waals surface area contributed by atoms with Crippen LogP contribution in [0.4, 0.5) is 0 Å². The second-order valence-electron chi connectivity index (χ2n) is 16.3. The highest BCUT2D eigenvalue weighted by Gasteiger charge is 2.25. The molecule has 11 aromatic carbocycles. The highest BCUT2D eigenvalue weighted by molar-refractivity contribution is 6.28. The van der Waals surface area contributed by atoms with Gasteiger partial charge >= 0.3 is 0 Å². The van der Waals surface area contributed by atoms with Gasteiger partial charge in [-0.05, 0) is 123 Å². The van der Waals surface area contributed by atoms with E-state index in [-0.39, 0.29) is 0 Å². The molecular formula is C62H41N. The first-order valence-electron chi connectivity index (χ1n) is 21.8. The molecule has 0 atom stereocenters. The van der Waals surface area contributed by atoms with Crippen LogP contribution in [-0.2, 0) is 0 Å². The van der Waals surface area contributed by atoms with Crippen molar-refractivity contribution < 1.29 is 0 Å². The second-order valence-corrected chi connectivity index (χ2v) is 16.3. The van der Waals surface area contributed by atoms with Gasteiger partial charge in [-0.25, -0.2) is 0 Å². The van der Waals surface area contributed by atoms with E-state index in [0.717, 1.165) is 17.1 Å². The van der Waals surface area contributed by atoms with Crippen molar-refractivity contribution in [2.75, 3.05) is 0 Å². The summed E-state index contributed by atoms with van der Waals surface area (Å²) in [6.07, 6.45) is 0. The highest BCUT2D eigenvalue weighted by atomic mass is 15.0. The molecule has 0 saturated carbocycles. The highest BCUT2D eigenvalue weighted by Crippen LogP contribution is 2.52. The summed E-state index contributed by atoms with van der Waals surface area (Å²) in [5.41, 5.74) is 15.5. The first-order chi connectivity index (χ1) is 31.3. The number of hydrogen-bond donors (Lipinski definition) is 0. The van der Waals surface area contributed by atoms with Gasteiger partial charge in [0.2, 0.25) is 0 Å². The van der Waals surface area contributed by atoms with Gasteiger partial charge < -0.3 is 4.57 Å². The first-order valence-corrected chi connectivity index (χ1v) is 21.8. The number of benzene rings is 11. The molecule has 0 N–H and O–H groups in total. The van der Waals surface area contributed by atoms with Crippen molar-refractivity contribution in [1.82, 2.24) is 4.57 Å². The minimum Gasteiger partial charge on any atom is -0.309 e. The van der Waals surface area contributed by atoms with Crippen LogP contribution in [0.2, 0.25) is 0 Å². The molecule has 63 heavy (non-hydrogen) atoms. The predicted octanol–water partition coefficient (Wildman–Crippen LogP) is 17.1. The van der Waals surface area contributed by atoms with E-state index in [0.29, 0.717) is 0 Å². The summed E-state index contributed by atoms with van der Waals surface area (Å²) in [7, 11) is 0. The monoisotopic (exact) mass is 799 g/mol. The standard InChI is InChI=1S/C62H41N/c1-5-19-42(20-6-1)51-36-33-44-23-13-15-29-49(44)59(51)61-53-31-17-18-32-54(53)62(60-50-30-16-14-24-45(50)34-37-52(60)43-21-7-2-8-22-43)56-41-48(35-38-55(56)61)63-57(46-25-9-3-10-26-46)39-40-58(63)47-27-11-4-12-28-47/h1-41H. The summed E-state index contributed by atoms with van der Waals surface area (Å²) in [5, 5.41) is 9.76. The molecule has 0 amide bonds. The molecule has 0 aliphatic heterocycles. The Morgan fingerprint density at radius 1 is 0.222 bits per heavy atom. The van der Waals surface area contributed by atoms with E-state index in [1.54, 1.807) is 0 Å². The normalized spacial score (nSPS) is 11.5. The summed E-state index contributed by atoms with van der Waals surface area (Å²) in [6, 6.07) is 91.3. The Morgan fingerprint density at radius 3 is 1.05 bits per heavy atom. The van der Waals surface area contributed by atoms with E-state index in [4.69, 9.17) is 0 Å². The van der Waals surface area contributed by atoms with Crippen LogP contribution in [0.1, 0.15) is 0 Å². The van der Waals surface area contributed by atoms with Crippen molar-refractivity contribution in [2.24, 2.45) is 0 Å². The number of hydrogen-bond acceptors (Lipinski definition) is 0. The van der Waals surface area contributed by atoms with Crippen molar-refractivity contribution in [3.63, 3.8) is 0 Å². The van der Waals surface area contributed by atoms with Crippen LogP contribution in [0.25, 0.3) is 116 Å². The molecule has 294 valence electrons. The van der Waals surface area contributed by atoms with Gasteiger partial charge in [0.05, 0.1) is 11.4 Å². The lowest BCUT2D eigenvalue weighted by molar-refractivity contribution is 1.10. The number of fused-ring (bicyclic) bond motifs is 4. The predicted molar refractivity (Wildman–Crippen MR) is 268 cm³/mol. The molecular weight excluding hydrogens is 759 g/mol. The second kappa shape index (κ2) is 15.3. The van der Waals surface area contributed by atoms with Gasteiger partial charge in [-0.2, -0.15) is 0 Å². The van der Waals surface area contributed by atoms with Crippen LogP contribution in [0, 0.1) is 0 Å². The SMILES string of the molecule is c1ccc(-c2ccc3ccccc3c2-c2c3ccccc3c(-c3c(-c4ccccc4)ccc4ccccc34)c3cc(-n4c(-c5ccccc5)ccc4-c4ccccc4)ccc23)cc1. The lowest BCUT2D eigenvalue weighted by Crippen LogP contribution is -2.01. The van der Waals surface area contributed by atoms with E-state index in [9.17, 15) is 0 Å². The van der Waals surface area contributed by atoms with E-state index < -0.39 is 0 Å². The Labute approximate surface area is 367 Å². The van der Waals surface area contributed by atoms with Crippen molar-refractivity contribution in [3.8, 4) is 72.7 Å². The van der Waals surface area contributed by atoms with Gasteiger partial charge in [-0.15, -0.1) is 0 Å². The summed E-state index contributed by atoms with van der Waals surface area (Å²) in [4.78, 5) is 0. The zero-order valence-electron chi connectivity index (χ0n) is 34.6.